The molecule has 0 aliphatic heterocycles. The highest BCUT2D eigenvalue weighted by Crippen LogP contribution is 2.33. The van der Waals surface area contributed by atoms with Crippen LogP contribution in [-0.4, -0.2) is 17.0 Å². The summed E-state index contributed by atoms with van der Waals surface area (Å²) in [7, 11) is 1.85. The molecule has 3 N–H and O–H groups in total. The lowest BCUT2D eigenvalue weighted by molar-refractivity contribution is 0.836. The number of anilines is 1. The number of hydrogen-bond donors (Lipinski definition) is 2. The van der Waals surface area contributed by atoms with Crippen molar-refractivity contribution in [2.45, 2.75) is 13.0 Å². The first kappa shape index (κ1) is 11.0. The molecule has 0 aliphatic carbocycles. The normalized spacial score (nSPS) is 12.4. The van der Waals surface area contributed by atoms with Gasteiger partial charge in [0.05, 0.1) is 10.6 Å². The molecule has 0 bridgehead atoms. The molecule has 84 valence electrons. The van der Waals surface area contributed by atoms with Crippen molar-refractivity contribution >= 4 is 16.5 Å². The Morgan fingerprint density at radius 1 is 1.44 bits per heavy atom. The molecule has 5 heteroatoms. The van der Waals surface area contributed by atoms with E-state index in [4.69, 9.17) is 5.73 Å². The Kier molecular flexibility index (Phi) is 3.17. The third-order valence-corrected chi connectivity index (χ3v) is 3.46. The molecule has 2 heterocycles. The van der Waals surface area contributed by atoms with Crippen molar-refractivity contribution < 1.29 is 0 Å². The van der Waals surface area contributed by atoms with E-state index in [1.54, 1.807) is 17.5 Å². The summed E-state index contributed by atoms with van der Waals surface area (Å²) in [5.74, 6) is 0. The van der Waals surface area contributed by atoms with Gasteiger partial charge >= 0.3 is 0 Å². The van der Waals surface area contributed by atoms with E-state index in [0.717, 1.165) is 21.4 Å². The minimum atomic E-state index is -0.0309. The van der Waals surface area contributed by atoms with Gasteiger partial charge in [-0.2, -0.15) is 0 Å². The van der Waals surface area contributed by atoms with Crippen LogP contribution in [0.1, 0.15) is 17.8 Å². The molecule has 0 saturated heterocycles. The van der Waals surface area contributed by atoms with Gasteiger partial charge in [0.25, 0.3) is 0 Å². The third kappa shape index (κ3) is 2.05. The van der Waals surface area contributed by atoms with E-state index in [-0.39, 0.29) is 6.04 Å². The zero-order valence-electron chi connectivity index (χ0n) is 9.27. The molecule has 0 aromatic carbocycles. The second kappa shape index (κ2) is 4.59. The van der Waals surface area contributed by atoms with E-state index < -0.39 is 0 Å². The summed E-state index contributed by atoms with van der Waals surface area (Å²) in [6.07, 6.45) is 1.76. The predicted molar refractivity (Wildman–Crippen MR) is 67.5 cm³/mol. The molecule has 0 saturated carbocycles. The summed E-state index contributed by atoms with van der Waals surface area (Å²) >= 11 is 1.58. The number of nitrogens with zero attached hydrogens (tertiary/aromatic N) is 2. The quantitative estimate of drug-likeness (QED) is 0.855. The molecule has 0 spiro atoms. The van der Waals surface area contributed by atoms with Crippen molar-refractivity contribution in [1.29, 1.82) is 0 Å². The number of aromatic nitrogens is 2. The standard InChI is InChI=1S/C11H14N4S/c1-7(12)10-9(15-11(13-2)16-10)8-5-3-4-6-14-8/h3-7H,12H2,1-2H3,(H,13,15). The Hall–Kier alpha value is -1.46. The lowest BCUT2D eigenvalue weighted by Crippen LogP contribution is -2.04. The molecule has 2 aromatic heterocycles. The first-order valence-corrected chi connectivity index (χ1v) is 5.89. The van der Waals surface area contributed by atoms with Crippen LogP contribution in [0.5, 0.6) is 0 Å². The second-order valence-corrected chi connectivity index (χ2v) is 4.52. The van der Waals surface area contributed by atoms with Gasteiger partial charge in [-0.1, -0.05) is 17.4 Å². The van der Waals surface area contributed by atoms with Crippen LogP contribution in [0.2, 0.25) is 0 Å². The Labute approximate surface area is 98.6 Å². The molecule has 0 fully saturated rings. The zero-order valence-corrected chi connectivity index (χ0v) is 10.1. The highest BCUT2D eigenvalue weighted by atomic mass is 32.1. The third-order valence-electron chi connectivity index (χ3n) is 2.19. The van der Waals surface area contributed by atoms with Gasteiger partial charge < -0.3 is 11.1 Å². The number of pyridine rings is 1. The average Bonchev–Trinajstić information content (AvgIpc) is 2.74. The lowest BCUT2D eigenvalue weighted by Gasteiger charge is -2.03. The molecular weight excluding hydrogens is 220 g/mol. The largest absolute Gasteiger partial charge is 0.365 e. The fourth-order valence-corrected chi connectivity index (χ4v) is 2.31. The van der Waals surface area contributed by atoms with Crippen molar-refractivity contribution in [2.24, 2.45) is 5.73 Å². The summed E-state index contributed by atoms with van der Waals surface area (Å²) in [4.78, 5) is 9.84. The van der Waals surface area contributed by atoms with Crippen LogP contribution < -0.4 is 11.1 Å². The van der Waals surface area contributed by atoms with Crippen molar-refractivity contribution in [3.05, 3.63) is 29.3 Å². The van der Waals surface area contributed by atoms with Crippen LogP contribution in [0.3, 0.4) is 0 Å². The number of thiazole rings is 1. The highest BCUT2D eigenvalue weighted by Gasteiger charge is 2.16. The van der Waals surface area contributed by atoms with E-state index in [2.05, 4.69) is 15.3 Å². The van der Waals surface area contributed by atoms with Crippen molar-refractivity contribution in [1.82, 2.24) is 9.97 Å². The molecule has 0 aliphatic rings. The molecule has 4 nitrogen and oxygen atoms in total. The summed E-state index contributed by atoms with van der Waals surface area (Å²) in [6, 6.07) is 5.75. The fourth-order valence-electron chi connectivity index (χ4n) is 1.43. The number of nitrogens with two attached hydrogens (primary N) is 1. The van der Waals surface area contributed by atoms with Crippen LogP contribution >= 0.6 is 11.3 Å². The van der Waals surface area contributed by atoms with Gasteiger partial charge in [-0.05, 0) is 19.1 Å². The van der Waals surface area contributed by atoms with Crippen LogP contribution in [0.4, 0.5) is 5.13 Å². The molecular formula is C11H14N4S. The number of rotatable bonds is 3. The first-order chi connectivity index (χ1) is 7.72. The summed E-state index contributed by atoms with van der Waals surface area (Å²) in [5, 5.41) is 3.90. The maximum Gasteiger partial charge on any atom is 0.183 e. The van der Waals surface area contributed by atoms with Crippen molar-refractivity contribution in [2.75, 3.05) is 12.4 Å². The van der Waals surface area contributed by atoms with E-state index in [1.165, 1.54) is 0 Å². The van der Waals surface area contributed by atoms with Crippen LogP contribution in [-0.2, 0) is 0 Å². The van der Waals surface area contributed by atoms with Crippen LogP contribution in [0.25, 0.3) is 11.4 Å². The van der Waals surface area contributed by atoms with Gasteiger partial charge in [-0.3, -0.25) is 4.98 Å². The molecule has 2 aromatic rings. The van der Waals surface area contributed by atoms with E-state index in [1.807, 2.05) is 32.2 Å². The zero-order chi connectivity index (χ0) is 11.5. The average molecular weight is 234 g/mol. The SMILES string of the molecule is CNc1nc(-c2ccccn2)c(C(C)N)s1. The smallest absolute Gasteiger partial charge is 0.183 e. The molecule has 0 radical (unpaired) electrons. The molecule has 1 atom stereocenters. The molecule has 1 unspecified atom stereocenters. The van der Waals surface area contributed by atoms with Gasteiger partial charge in [0, 0.05) is 19.3 Å². The topological polar surface area (TPSA) is 63.8 Å². The summed E-state index contributed by atoms with van der Waals surface area (Å²) < 4.78 is 0. The minimum absolute atomic E-state index is 0.0309. The molecule has 2 rings (SSSR count). The van der Waals surface area contributed by atoms with E-state index in [9.17, 15) is 0 Å². The van der Waals surface area contributed by atoms with E-state index >= 15 is 0 Å². The predicted octanol–water partition coefficient (Wildman–Crippen LogP) is 2.27. The number of hydrogen-bond acceptors (Lipinski definition) is 5. The Bertz CT molecular complexity index is 464. The van der Waals surface area contributed by atoms with Crippen LogP contribution in [0, 0.1) is 0 Å². The molecule has 16 heavy (non-hydrogen) atoms. The highest BCUT2D eigenvalue weighted by molar-refractivity contribution is 7.16. The summed E-state index contributed by atoms with van der Waals surface area (Å²) in [5.41, 5.74) is 7.68. The van der Waals surface area contributed by atoms with Gasteiger partial charge in [-0.15, -0.1) is 0 Å². The molecule has 0 amide bonds. The second-order valence-electron chi connectivity index (χ2n) is 3.49. The lowest BCUT2D eigenvalue weighted by atomic mass is 10.2. The first-order valence-electron chi connectivity index (χ1n) is 5.08. The summed E-state index contributed by atoms with van der Waals surface area (Å²) in [6.45, 7) is 1.96. The van der Waals surface area contributed by atoms with Gasteiger partial charge in [0.1, 0.15) is 5.69 Å². The maximum absolute atomic E-state index is 5.93. The maximum atomic E-state index is 5.93. The Morgan fingerprint density at radius 3 is 2.81 bits per heavy atom. The fraction of sp³-hybridized carbons (Fsp3) is 0.273. The van der Waals surface area contributed by atoms with E-state index in [0.29, 0.717) is 0 Å². The van der Waals surface area contributed by atoms with Crippen molar-refractivity contribution in [3.8, 4) is 11.4 Å². The van der Waals surface area contributed by atoms with Gasteiger partial charge in [-0.25, -0.2) is 4.98 Å². The number of nitrogens with one attached hydrogen (secondary N) is 1. The van der Waals surface area contributed by atoms with Gasteiger partial charge in [0.15, 0.2) is 5.13 Å². The van der Waals surface area contributed by atoms with Crippen molar-refractivity contribution in [3.63, 3.8) is 0 Å². The van der Waals surface area contributed by atoms with Crippen LogP contribution in [0.15, 0.2) is 24.4 Å². The Balaban J connectivity index is 2.51. The monoisotopic (exact) mass is 234 g/mol. The minimum Gasteiger partial charge on any atom is -0.365 e. The Morgan fingerprint density at radius 2 is 2.25 bits per heavy atom. The van der Waals surface area contributed by atoms with Gasteiger partial charge in [0.2, 0.25) is 0 Å².